The topological polar surface area (TPSA) is 77.3 Å². The smallest absolute Gasteiger partial charge is 0.270 e. The predicted octanol–water partition coefficient (Wildman–Crippen LogP) is 2.66. The Morgan fingerprint density at radius 3 is 2.90 bits per heavy atom. The molecule has 0 spiro atoms. The largest absolute Gasteiger partial charge is 0.486 e. The lowest BCUT2D eigenvalue weighted by Gasteiger charge is -2.10. The minimum absolute atomic E-state index is 0.0627. The lowest BCUT2D eigenvalue weighted by molar-refractivity contribution is -0.384. The van der Waals surface area contributed by atoms with E-state index in [-0.39, 0.29) is 5.69 Å². The van der Waals surface area contributed by atoms with Crippen molar-refractivity contribution in [3.05, 3.63) is 50.0 Å². The molecule has 0 atom stereocenters. The highest BCUT2D eigenvalue weighted by Crippen LogP contribution is 2.25. The number of nitro groups is 1. The van der Waals surface area contributed by atoms with Crippen LogP contribution in [0.5, 0.6) is 5.75 Å². The number of rotatable bonds is 6. The first-order valence-corrected chi connectivity index (χ1v) is 6.94. The monoisotopic (exact) mass is 293 g/mol. The van der Waals surface area contributed by atoms with Crippen LogP contribution in [0.2, 0.25) is 0 Å². The molecule has 7 heteroatoms. The minimum Gasteiger partial charge on any atom is -0.486 e. The van der Waals surface area contributed by atoms with Gasteiger partial charge in [-0.25, -0.2) is 4.98 Å². The van der Waals surface area contributed by atoms with Gasteiger partial charge in [-0.05, 0) is 20.0 Å². The van der Waals surface area contributed by atoms with Crippen LogP contribution < -0.4 is 10.1 Å². The van der Waals surface area contributed by atoms with E-state index in [4.69, 9.17) is 4.74 Å². The molecule has 0 fully saturated rings. The van der Waals surface area contributed by atoms with Crippen molar-refractivity contribution < 1.29 is 9.66 Å². The van der Waals surface area contributed by atoms with E-state index in [9.17, 15) is 10.1 Å². The highest BCUT2D eigenvalue weighted by molar-refractivity contribution is 7.09. The van der Waals surface area contributed by atoms with Crippen molar-refractivity contribution >= 4 is 17.0 Å². The van der Waals surface area contributed by atoms with Gasteiger partial charge >= 0.3 is 0 Å². The number of ether oxygens (including phenoxy) is 1. The highest BCUT2D eigenvalue weighted by atomic mass is 32.1. The van der Waals surface area contributed by atoms with Crippen LogP contribution in [0.4, 0.5) is 5.69 Å². The Bertz CT molecular complexity index is 613. The fourth-order valence-electron chi connectivity index (χ4n) is 1.76. The molecule has 2 aromatic rings. The molecule has 0 bridgehead atoms. The van der Waals surface area contributed by atoms with Crippen LogP contribution in [0, 0.1) is 17.0 Å². The van der Waals surface area contributed by atoms with Gasteiger partial charge in [-0.2, -0.15) is 0 Å². The first-order chi connectivity index (χ1) is 9.60. The van der Waals surface area contributed by atoms with Gasteiger partial charge in [0.05, 0.1) is 4.92 Å². The number of hydrogen-bond donors (Lipinski definition) is 1. The number of hydrogen-bond acceptors (Lipinski definition) is 6. The van der Waals surface area contributed by atoms with E-state index in [0.29, 0.717) is 18.9 Å². The number of thiazole rings is 1. The maximum atomic E-state index is 10.8. The normalized spacial score (nSPS) is 10.5. The van der Waals surface area contributed by atoms with Crippen LogP contribution in [0.15, 0.2) is 23.6 Å². The van der Waals surface area contributed by atoms with E-state index in [1.165, 1.54) is 23.5 Å². The average Bonchev–Trinajstić information content (AvgIpc) is 2.83. The zero-order chi connectivity index (χ0) is 14.5. The number of aromatic nitrogens is 1. The molecule has 0 unspecified atom stereocenters. The summed E-state index contributed by atoms with van der Waals surface area (Å²) in [6.45, 7) is 2.80. The molecule has 1 N–H and O–H groups in total. The van der Waals surface area contributed by atoms with Gasteiger partial charge in [0.1, 0.15) is 17.4 Å². The van der Waals surface area contributed by atoms with Crippen LogP contribution in [-0.2, 0) is 13.2 Å². The Kier molecular flexibility index (Phi) is 4.65. The van der Waals surface area contributed by atoms with Crippen LogP contribution >= 0.6 is 11.3 Å². The second-order valence-electron chi connectivity index (χ2n) is 4.25. The van der Waals surface area contributed by atoms with Gasteiger partial charge in [-0.3, -0.25) is 10.1 Å². The minimum atomic E-state index is -0.410. The first-order valence-electron chi connectivity index (χ1n) is 6.06. The van der Waals surface area contributed by atoms with Crippen molar-refractivity contribution in [1.82, 2.24) is 10.3 Å². The first kappa shape index (κ1) is 14.4. The average molecular weight is 293 g/mol. The Morgan fingerprint density at radius 2 is 2.30 bits per heavy atom. The molecule has 0 aliphatic rings. The summed E-state index contributed by atoms with van der Waals surface area (Å²) in [6, 6.07) is 4.60. The van der Waals surface area contributed by atoms with Gasteiger partial charge in [0.25, 0.3) is 5.69 Å². The molecule has 0 aliphatic carbocycles. The highest BCUT2D eigenvalue weighted by Gasteiger charge is 2.12. The summed E-state index contributed by atoms with van der Waals surface area (Å²) in [5.41, 5.74) is 1.79. The van der Waals surface area contributed by atoms with Crippen LogP contribution in [0.3, 0.4) is 0 Å². The van der Waals surface area contributed by atoms with Gasteiger partial charge in [0.2, 0.25) is 0 Å². The molecule has 20 heavy (non-hydrogen) atoms. The molecular formula is C13H15N3O3S. The van der Waals surface area contributed by atoms with Gasteiger partial charge in [-0.1, -0.05) is 0 Å². The molecule has 1 heterocycles. The second kappa shape index (κ2) is 6.44. The number of benzene rings is 1. The Balaban J connectivity index is 2.15. The van der Waals surface area contributed by atoms with E-state index >= 15 is 0 Å². The molecule has 0 radical (unpaired) electrons. The van der Waals surface area contributed by atoms with Crippen molar-refractivity contribution in [2.75, 3.05) is 7.05 Å². The molecule has 1 aromatic heterocycles. The van der Waals surface area contributed by atoms with Gasteiger partial charge < -0.3 is 10.1 Å². The van der Waals surface area contributed by atoms with Crippen molar-refractivity contribution in [1.29, 1.82) is 0 Å². The third kappa shape index (κ3) is 3.52. The molecule has 1 aromatic carbocycles. The maximum Gasteiger partial charge on any atom is 0.270 e. The molecular weight excluding hydrogens is 278 g/mol. The summed E-state index contributed by atoms with van der Waals surface area (Å²) in [5, 5.41) is 16.6. The summed E-state index contributed by atoms with van der Waals surface area (Å²) < 4.78 is 5.71. The predicted molar refractivity (Wildman–Crippen MR) is 77.0 cm³/mol. The lowest BCUT2D eigenvalue weighted by Crippen LogP contribution is -2.08. The molecule has 0 saturated carbocycles. The van der Waals surface area contributed by atoms with E-state index in [2.05, 4.69) is 10.3 Å². The quantitative estimate of drug-likeness (QED) is 0.654. The molecule has 106 valence electrons. The lowest BCUT2D eigenvalue weighted by atomic mass is 10.2. The zero-order valence-electron chi connectivity index (χ0n) is 11.3. The van der Waals surface area contributed by atoms with Crippen LogP contribution in [-0.4, -0.2) is 17.0 Å². The molecule has 6 nitrogen and oxygen atoms in total. The second-order valence-corrected chi connectivity index (χ2v) is 5.19. The fraction of sp³-hybridized carbons (Fsp3) is 0.308. The summed E-state index contributed by atoms with van der Waals surface area (Å²) in [7, 11) is 1.78. The third-order valence-corrected chi connectivity index (χ3v) is 3.58. The van der Waals surface area contributed by atoms with Gasteiger partial charge in [0.15, 0.2) is 0 Å². The zero-order valence-corrected chi connectivity index (χ0v) is 12.1. The molecule has 2 rings (SSSR count). The Hall–Kier alpha value is -1.99. The van der Waals surface area contributed by atoms with E-state index < -0.39 is 4.92 Å². The SMILES string of the molecule is CNCc1cc([N+](=O)[O-])ccc1OCc1nc(C)cs1. The molecule has 0 amide bonds. The summed E-state index contributed by atoms with van der Waals surface area (Å²) in [6.07, 6.45) is 0. The Morgan fingerprint density at radius 1 is 1.50 bits per heavy atom. The molecule has 0 saturated heterocycles. The Labute approximate surface area is 120 Å². The summed E-state index contributed by atoms with van der Waals surface area (Å²) >= 11 is 1.54. The van der Waals surface area contributed by atoms with E-state index in [1.54, 1.807) is 13.1 Å². The van der Waals surface area contributed by atoms with Crippen molar-refractivity contribution in [2.45, 2.75) is 20.1 Å². The number of aryl methyl sites for hydroxylation is 1. The number of nitrogens with one attached hydrogen (secondary N) is 1. The summed E-state index contributed by atoms with van der Waals surface area (Å²) in [5.74, 6) is 0.637. The standard InChI is InChI=1S/C13H15N3O3S/c1-9-8-20-13(15-9)7-19-12-4-3-11(16(17)18)5-10(12)6-14-2/h3-5,8,14H,6-7H2,1-2H3. The van der Waals surface area contributed by atoms with Gasteiger partial charge in [-0.15, -0.1) is 11.3 Å². The number of nitrogens with zero attached hydrogens (tertiary/aromatic N) is 2. The van der Waals surface area contributed by atoms with Gasteiger partial charge in [0, 0.05) is 35.3 Å². The van der Waals surface area contributed by atoms with Crippen molar-refractivity contribution in [3.8, 4) is 5.75 Å². The number of nitro benzene ring substituents is 1. The van der Waals surface area contributed by atoms with Crippen LogP contribution in [0.1, 0.15) is 16.3 Å². The number of non-ortho nitro benzene ring substituents is 1. The maximum absolute atomic E-state index is 10.8. The van der Waals surface area contributed by atoms with Crippen molar-refractivity contribution in [2.24, 2.45) is 0 Å². The van der Waals surface area contributed by atoms with E-state index in [1.807, 2.05) is 12.3 Å². The third-order valence-electron chi connectivity index (χ3n) is 2.64. The van der Waals surface area contributed by atoms with E-state index in [0.717, 1.165) is 16.3 Å². The molecule has 0 aliphatic heterocycles. The van der Waals surface area contributed by atoms with Crippen LogP contribution in [0.25, 0.3) is 0 Å². The fourth-order valence-corrected chi connectivity index (χ4v) is 2.44. The van der Waals surface area contributed by atoms with Crippen molar-refractivity contribution in [3.63, 3.8) is 0 Å². The summed E-state index contributed by atoms with van der Waals surface area (Å²) in [4.78, 5) is 14.7.